The molecular weight excluding hydrogens is 316 g/mol. The van der Waals surface area contributed by atoms with Crippen LogP contribution >= 0.6 is 0 Å². The van der Waals surface area contributed by atoms with Gasteiger partial charge in [0.2, 0.25) is 5.91 Å². The fraction of sp³-hybridized carbons (Fsp3) is 0.579. The Morgan fingerprint density at radius 1 is 1.24 bits per heavy atom. The van der Waals surface area contributed by atoms with E-state index in [0.717, 1.165) is 18.1 Å². The number of nitrogens with zero attached hydrogens (tertiary/aromatic N) is 2. The Morgan fingerprint density at radius 3 is 2.52 bits per heavy atom. The number of nitrogens with one attached hydrogen (secondary N) is 2. The summed E-state index contributed by atoms with van der Waals surface area (Å²) in [5.74, 6) is 0.591. The number of guanidine groups is 1. The summed E-state index contributed by atoms with van der Waals surface area (Å²) in [5, 5.41) is 6.53. The normalized spacial score (nSPS) is 16.6. The van der Waals surface area contributed by atoms with E-state index in [1.165, 1.54) is 0 Å². The average molecular weight is 346 g/mol. The zero-order valence-corrected chi connectivity index (χ0v) is 15.5. The Kier molecular flexibility index (Phi) is 7.73. The van der Waals surface area contributed by atoms with Gasteiger partial charge in [-0.1, -0.05) is 30.3 Å². The molecule has 25 heavy (non-hydrogen) atoms. The van der Waals surface area contributed by atoms with Gasteiger partial charge in [-0.25, -0.2) is 0 Å². The molecule has 1 unspecified atom stereocenters. The van der Waals surface area contributed by atoms with Gasteiger partial charge >= 0.3 is 0 Å². The largest absolute Gasteiger partial charge is 0.378 e. The molecule has 1 amide bonds. The van der Waals surface area contributed by atoms with Crippen molar-refractivity contribution in [1.29, 1.82) is 0 Å². The van der Waals surface area contributed by atoms with Gasteiger partial charge in [-0.2, -0.15) is 0 Å². The summed E-state index contributed by atoms with van der Waals surface area (Å²) >= 11 is 0. The maximum absolute atomic E-state index is 13.1. The van der Waals surface area contributed by atoms with Crippen LogP contribution in [-0.4, -0.2) is 62.2 Å². The van der Waals surface area contributed by atoms with Crippen LogP contribution in [0.5, 0.6) is 0 Å². The zero-order valence-electron chi connectivity index (χ0n) is 15.5. The molecule has 1 aliphatic rings. The van der Waals surface area contributed by atoms with Gasteiger partial charge in [0.15, 0.2) is 5.96 Å². The van der Waals surface area contributed by atoms with Crippen LogP contribution in [0, 0.1) is 0 Å². The summed E-state index contributed by atoms with van der Waals surface area (Å²) in [6, 6.07) is 10.2. The van der Waals surface area contributed by atoms with Crippen molar-refractivity contribution >= 4 is 11.9 Å². The Hall–Kier alpha value is -2.08. The third kappa shape index (κ3) is 6.05. The lowest BCUT2D eigenvalue weighted by Gasteiger charge is -2.30. The predicted molar refractivity (Wildman–Crippen MR) is 101 cm³/mol. The van der Waals surface area contributed by atoms with Crippen molar-refractivity contribution in [2.24, 2.45) is 4.99 Å². The third-order valence-electron chi connectivity index (χ3n) is 4.02. The molecule has 2 N–H and O–H groups in total. The molecule has 1 saturated heterocycles. The molecule has 2 rings (SSSR count). The fourth-order valence-corrected chi connectivity index (χ4v) is 2.79. The summed E-state index contributed by atoms with van der Waals surface area (Å²) in [7, 11) is 0. The van der Waals surface area contributed by atoms with Crippen LogP contribution in [-0.2, 0) is 9.53 Å². The maximum atomic E-state index is 13.1. The first-order valence-corrected chi connectivity index (χ1v) is 9.08. The van der Waals surface area contributed by atoms with Gasteiger partial charge in [-0.15, -0.1) is 0 Å². The number of amides is 1. The first kappa shape index (κ1) is 19.2. The summed E-state index contributed by atoms with van der Waals surface area (Å²) in [6.45, 7) is 9.88. The summed E-state index contributed by atoms with van der Waals surface area (Å²) in [6.07, 6.45) is 0. The lowest BCUT2D eigenvalue weighted by atomic mass is 9.97. The Labute approximate surface area is 150 Å². The SMILES string of the molecule is CCNC(=NCC(C(=O)N1CCOCC1)c1ccccc1)NC(C)C. The van der Waals surface area contributed by atoms with Gasteiger partial charge in [0, 0.05) is 25.7 Å². The average Bonchev–Trinajstić information content (AvgIpc) is 2.63. The van der Waals surface area contributed by atoms with Crippen molar-refractivity contribution in [1.82, 2.24) is 15.5 Å². The van der Waals surface area contributed by atoms with Crippen LogP contribution in [0.4, 0.5) is 0 Å². The predicted octanol–water partition coefficient (Wildman–Crippen LogP) is 1.59. The van der Waals surface area contributed by atoms with Crippen LogP contribution in [0.2, 0.25) is 0 Å². The maximum Gasteiger partial charge on any atom is 0.232 e. The van der Waals surface area contributed by atoms with Crippen LogP contribution in [0.15, 0.2) is 35.3 Å². The molecule has 1 aromatic carbocycles. The number of benzene rings is 1. The molecule has 1 aromatic rings. The molecule has 0 aliphatic carbocycles. The van der Waals surface area contributed by atoms with Gasteiger partial charge in [-0.3, -0.25) is 9.79 Å². The van der Waals surface area contributed by atoms with Crippen LogP contribution in [0.1, 0.15) is 32.3 Å². The highest BCUT2D eigenvalue weighted by molar-refractivity contribution is 5.85. The monoisotopic (exact) mass is 346 g/mol. The van der Waals surface area contributed by atoms with Crippen molar-refractivity contribution < 1.29 is 9.53 Å². The van der Waals surface area contributed by atoms with E-state index in [9.17, 15) is 4.79 Å². The van der Waals surface area contributed by atoms with Gasteiger partial charge in [0.25, 0.3) is 0 Å². The van der Waals surface area contributed by atoms with Gasteiger partial charge in [-0.05, 0) is 26.3 Å². The molecule has 0 spiro atoms. The number of carbonyl (C=O) groups excluding carboxylic acids is 1. The van der Waals surface area contributed by atoms with Crippen molar-refractivity contribution in [2.75, 3.05) is 39.4 Å². The molecule has 6 nitrogen and oxygen atoms in total. The quantitative estimate of drug-likeness (QED) is 0.606. The van der Waals surface area contributed by atoms with E-state index in [1.54, 1.807) is 0 Å². The molecule has 0 radical (unpaired) electrons. The van der Waals surface area contributed by atoms with Crippen molar-refractivity contribution in [3.8, 4) is 0 Å². The second-order valence-electron chi connectivity index (χ2n) is 6.42. The molecule has 1 heterocycles. The molecule has 6 heteroatoms. The highest BCUT2D eigenvalue weighted by atomic mass is 16.5. The minimum atomic E-state index is -0.276. The van der Waals surface area contributed by atoms with E-state index in [2.05, 4.69) is 29.5 Å². The highest BCUT2D eigenvalue weighted by Crippen LogP contribution is 2.20. The Balaban J connectivity index is 2.17. The number of carbonyl (C=O) groups is 1. The summed E-state index contributed by atoms with van der Waals surface area (Å²) in [5.41, 5.74) is 1.00. The number of rotatable bonds is 6. The van der Waals surface area contributed by atoms with Crippen LogP contribution < -0.4 is 10.6 Å². The topological polar surface area (TPSA) is 66.0 Å². The van der Waals surface area contributed by atoms with Crippen molar-refractivity contribution in [2.45, 2.75) is 32.7 Å². The summed E-state index contributed by atoms with van der Waals surface area (Å²) < 4.78 is 5.37. The van der Waals surface area contributed by atoms with E-state index < -0.39 is 0 Å². The van der Waals surface area contributed by atoms with E-state index in [0.29, 0.717) is 32.8 Å². The molecule has 1 atom stereocenters. The first-order chi connectivity index (χ1) is 12.1. The second kappa shape index (κ2) is 10.0. The van der Waals surface area contributed by atoms with Gasteiger partial charge in [0.1, 0.15) is 0 Å². The molecule has 1 aliphatic heterocycles. The lowest BCUT2D eigenvalue weighted by Crippen LogP contribution is -2.44. The smallest absolute Gasteiger partial charge is 0.232 e. The number of hydrogen-bond donors (Lipinski definition) is 2. The van der Waals surface area contributed by atoms with Crippen molar-refractivity contribution in [3.05, 3.63) is 35.9 Å². The lowest BCUT2D eigenvalue weighted by molar-refractivity contribution is -0.136. The zero-order chi connectivity index (χ0) is 18.1. The summed E-state index contributed by atoms with van der Waals surface area (Å²) in [4.78, 5) is 19.6. The van der Waals surface area contributed by atoms with Gasteiger partial charge in [0.05, 0.1) is 25.7 Å². The molecule has 0 bridgehead atoms. The minimum Gasteiger partial charge on any atom is -0.378 e. The number of morpholine rings is 1. The molecule has 0 aromatic heterocycles. The molecular formula is C19H30N4O2. The molecule has 138 valence electrons. The molecule has 0 saturated carbocycles. The van der Waals surface area contributed by atoms with Crippen LogP contribution in [0.3, 0.4) is 0 Å². The van der Waals surface area contributed by atoms with E-state index in [4.69, 9.17) is 4.74 Å². The van der Waals surface area contributed by atoms with Gasteiger partial charge < -0.3 is 20.3 Å². The minimum absolute atomic E-state index is 0.124. The van der Waals surface area contributed by atoms with E-state index in [1.807, 2.05) is 42.2 Å². The fourth-order valence-electron chi connectivity index (χ4n) is 2.79. The molecule has 1 fully saturated rings. The third-order valence-corrected chi connectivity index (χ3v) is 4.02. The highest BCUT2D eigenvalue weighted by Gasteiger charge is 2.27. The Bertz CT molecular complexity index is 554. The standard InChI is InChI=1S/C19H30N4O2/c1-4-20-19(22-15(2)3)21-14-17(16-8-6-5-7-9-16)18(24)23-10-12-25-13-11-23/h5-9,15,17H,4,10-14H2,1-3H3,(H2,20,21,22). The Morgan fingerprint density at radius 2 is 1.92 bits per heavy atom. The number of ether oxygens (including phenoxy) is 1. The number of hydrogen-bond acceptors (Lipinski definition) is 3. The van der Waals surface area contributed by atoms with Crippen molar-refractivity contribution in [3.63, 3.8) is 0 Å². The van der Waals surface area contributed by atoms with E-state index in [-0.39, 0.29) is 17.9 Å². The van der Waals surface area contributed by atoms with Crippen LogP contribution in [0.25, 0.3) is 0 Å². The second-order valence-corrected chi connectivity index (χ2v) is 6.42. The number of aliphatic imine (C=N–C) groups is 1. The first-order valence-electron chi connectivity index (χ1n) is 9.08. The van der Waals surface area contributed by atoms with E-state index >= 15 is 0 Å².